The average Bonchev–Trinajstić information content (AvgIpc) is 2.36. The molecule has 2 N–H and O–H groups in total. The molecule has 0 radical (unpaired) electrons. The van der Waals surface area contributed by atoms with Crippen LogP contribution in [0.5, 0.6) is 11.5 Å². The fourth-order valence-electron chi connectivity index (χ4n) is 1.48. The van der Waals surface area contributed by atoms with Crippen molar-refractivity contribution in [1.29, 1.82) is 5.26 Å². The van der Waals surface area contributed by atoms with Gasteiger partial charge >= 0.3 is 0 Å². The zero-order valence-electron chi connectivity index (χ0n) is 11.1. The first kappa shape index (κ1) is 14.6. The van der Waals surface area contributed by atoms with Crippen LogP contribution in [-0.4, -0.2) is 19.1 Å². The summed E-state index contributed by atoms with van der Waals surface area (Å²) in [7, 11) is 1.52. The summed E-state index contributed by atoms with van der Waals surface area (Å²) in [6, 6.07) is 6.97. The maximum absolute atomic E-state index is 11.1. The Kier molecular flexibility index (Phi) is 4.95. The van der Waals surface area contributed by atoms with Crippen LogP contribution in [0.25, 0.3) is 6.08 Å². The van der Waals surface area contributed by atoms with Gasteiger partial charge in [0.25, 0.3) is 5.91 Å². The van der Waals surface area contributed by atoms with E-state index in [0.29, 0.717) is 17.1 Å². The minimum absolute atomic E-state index is 0.0671. The summed E-state index contributed by atoms with van der Waals surface area (Å²) in [5.74, 6) is 0.235. The topological polar surface area (TPSA) is 85.3 Å². The number of primary amides is 1. The van der Waals surface area contributed by atoms with E-state index in [-0.39, 0.29) is 11.7 Å². The predicted octanol–water partition coefficient (Wildman–Crippen LogP) is 1.87. The van der Waals surface area contributed by atoms with E-state index >= 15 is 0 Å². The van der Waals surface area contributed by atoms with Crippen LogP contribution < -0.4 is 15.2 Å². The smallest absolute Gasteiger partial charge is 0.259 e. The quantitative estimate of drug-likeness (QED) is 0.647. The predicted molar refractivity (Wildman–Crippen MR) is 71.5 cm³/mol. The van der Waals surface area contributed by atoms with Gasteiger partial charge in [-0.15, -0.1) is 0 Å². The molecule has 1 rings (SSSR count). The van der Waals surface area contributed by atoms with Crippen molar-refractivity contribution in [2.45, 2.75) is 20.0 Å². The molecule has 0 aromatic heterocycles. The summed E-state index contributed by atoms with van der Waals surface area (Å²) < 4.78 is 10.9. The molecule has 1 amide bonds. The van der Waals surface area contributed by atoms with Crippen molar-refractivity contribution in [3.05, 3.63) is 29.3 Å². The number of nitrogens with two attached hydrogens (primary N) is 1. The van der Waals surface area contributed by atoms with Gasteiger partial charge < -0.3 is 15.2 Å². The number of carbonyl (C=O) groups is 1. The molecule has 100 valence electrons. The molecule has 0 heterocycles. The van der Waals surface area contributed by atoms with Gasteiger partial charge in [0.05, 0.1) is 13.2 Å². The molecule has 1 aromatic carbocycles. The van der Waals surface area contributed by atoms with Gasteiger partial charge in [0.15, 0.2) is 11.5 Å². The molecular weight excluding hydrogens is 244 g/mol. The van der Waals surface area contributed by atoms with Crippen molar-refractivity contribution >= 4 is 12.0 Å². The first-order chi connectivity index (χ1) is 8.99. The second-order valence-corrected chi connectivity index (χ2v) is 4.08. The van der Waals surface area contributed by atoms with Gasteiger partial charge in [0.1, 0.15) is 11.6 Å². The average molecular weight is 260 g/mol. The zero-order valence-corrected chi connectivity index (χ0v) is 11.1. The van der Waals surface area contributed by atoms with Crippen molar-refractivity contribution < 1.29 is 14.3 Å². The fourth-order valence-corrected chi connectivity index (χ4v) is 1.48. The third kappa shape index (κ3) is 3.75. The number of para-hydroxylation sites is 1. The van der Waals surface area contributed by atoms with E-state index in [9.17, 15) is 4.79 Å². The van der Waals surface area contributed by atoms with Crippen LogP contribution in [-0.2, 0) is 4.79 Å². The Hall–Kier alpha value is -2.48. The van der Waals surface area contributed by atoms with Gasteiger partial charge in [-0.2, -0.15) is 5.26 Å². The Morgan fingerprint density at radius 2 is 2.16 bits per heavy atom. The molecule has 0 saturated heterocycles. The van der Waals surface area contributed by atoms with Gasteiger partial charge in [-0.05, 0) is 26.0 Å². The van der Waals surface area contributed by atoms with Gasteiger partial charge in [-0.25, -0.2) is 0 Å². The fraction of sp³-hybridized carbons (Fsp3) is 0.286. The number of hydrogen-bond acceptors (Lipinski definition) is 4. The molecule has 0 aliphatic heterocycles. The molecule has 5 heteroatoms. The van der Waals surface area contributed by atoms with Crippen LogP contribution in [0.4, 0.5) is 0 Å². The summed E-state index contributed by atoms with van der Waals surface area (Å²) >= 11 is 0. The van der Waals surface area contributed by atoms with Gasteiger partial charge in [0, 0.05) is 5.56 Å². The first-order valence-electron chi connectivity index (χ1n) is 5.74. The molecular formula is C14H16N2O3. The second kappa shape index (κ2) is 6.45. The third-order valence-electron chi connectivity index (χ3n) is 2.27. The lowest BCUT2D eigenvalue weighted by atomic mass is 10.1. The van der Waals surface area contributed by atoms with E-state index in [1.807, 2.05) is 13.8 Å². The molecule has 5 nitrogen and oxygen atoms in total. The highest BCUT2D eigenvalue weighted by Crippen LogP contribution is 2.33. The number of benzene rings is 1. The van der Waals surface area contributed by atoms with Crippen LogP contribution in [0, 0.1) is 11.3 Å². The minimum atomic E-state index is -0.777. The molecule has 0 saturated carbocycles. The lowest BCUT2D eigenvalue weighted by Crippen LogP contribution is -2.13. The number of rotatable bonds is 5. The molecule has 1 aromatic rings. The highest BCUT2D eigenvalue weighted by molar-refractivity contribution is 6.01. The summed E-state index contributed by atoms with van der Waals surface area (Å²) in [4.78, 5) is 11.1. The number of hydrogen-bond donors (Lipinski definition) is 1. The Bertz CT molecular complexity index is 542. The van der Waals surface area contributed by atoms with Crippen LogP contribution in [0.1, 0.15) is 19.4 Å². The number of amides is 1. The molecule has 0 aliphatic rings. The van der Waals surface area contributed by atoms with E-state index in [4.69, 9.17) is 20.5 Å². The van der Waals surface area contributed by atoms with Crippen LogP contribution in [0.15, 0.2) is 23.8 Å². The van der Waals surface area contributed by atoms with Crippen LogP contribution in [0.3, 0.4) is 0 Å². The molecule has 0 atom stereocenters. The summed E-state index contributed by atoms with van der Waals surface area (Å²) in [6.07, 6.45) is 1.32. The van der Waals surface area contributed by atoms with Crippen molar-refractivity contribution in [2.75, 3.05) is 7.11 Å². The van der Waals surface area contributed by atoms with Crippen LogP contribution >= 0.6 is 0 Å². The van der Waals surface area contributed by atoms with Crippen LogP contribution in [0.2, 0.25) is 0 Å². The zero-order chi connectivity index (χ0) is 14.4. The van der Waals surface area contributed by atoms with E-state index in [0.717, 1.165) is 0 Å². The third-order valence-corrected chi connectivity index (χ3v) is 2.27. The Morgan fingerprint density at radius 3 is 2.63 bits per heavy atom. The van der Waals surface area contributed by atoms with Gasteiger partial charge in [0.2, 0.25) is 0 Å². The highest BCUT2D eigenvalue weighted by atomic mass is 16.5. The molecule has 0 aliphatic carbocycles. The van der Waals surface area contributed by atoms with Crippen molar-refractivity contribution in [2.24, 2.45) is 5.73 Å². The van der Waals surface area contributed by atoms with Crippen molar-refractivity contribution in [3.8, 4) is 17.6 Å². The Morgan fingerprint density at radius 1 is 1.47 bits per heavy atom. The molecule has 0 fully saturated rings. The summed E-state index contributed by atoms with van der Waals surface area (Å²) in [5.41, 5.74) is 5.55. The molecule has 0 spiro atoms. The number of carbonyl (C=O) groups excluding carboxylic acids is 1. The lowest BCUT2D eigenvalue weighted by Gasteiger charge is -2.15. The Balaban J connectivity index is 3.35. The van der Waals surface area contributed by atoms with Crippen molar-refractivity contribution in [3.63, 3.8) is 0 Å². The summed E-state index contributed by atoms with van der Waals surface area (Å²) in [5, 5.41) is 8.87. The van der Waals surface area contributed by atoms with Gasteiger partial charge in [-0.1, -0.05) is 12.1 Å². The maximum Gasteiger partial charge on any atom is 0.259 e. The lowest BCUT2D eigenvalue weighted by molar-refractivity contribution is -0.114. The van der Waals surface area contributed by atoms with Gasteiger partial charge in [-0.3, -0.25) is 4.79 Å². The molecule has 19 heavy (non-hydrogen) atoms. The van der Waals surface area contributed by atoms with E-state index < -0.39 is 5.91 Å². The largest absolute Gasteiger partial charge is 0.493 e. The normalized spacial score (nSPS) is 11.0. The summed E-state index contributed by atoms with van der Waals surface area (Å²) in [6.45, 7) is 3.75. The van der Waals surface area contributed by atoms with E-state index in [1.54, 1.807) is 24.3 Å². The maximum atomic E-state index is 11.1. The SMILES string of the molecule is COc1cccc(/C=C(\C#N)C(N)=O)c1OC(C)C. The second-order valence-electron chi connectivity index (χ2n) is 4.08. The van der Waals surface area contributed by atoms with E-state index in [2.05, 4.69) is 0 Å². The monoisotopic (exact) mass is 260 g/mol. The number of methoxy groups -OCH3 is 1. The van der Waals surface area contributed by atoms with E-state index in [1.165, 1.54) is 13.2 Å². The molecule has 0 bridgehead atoms. The highest BCUT2D eigenvalue weighted by Gasteiger charge is 2.13. The number of nitriles is 1. The van der Waals surface area contributed by atoms with Crippen molar-refractivity contribution in [1.82, 2.24) is 0 Å². The Labute approximate surface area is 112 Å². The molecule has 0 unspecified atom stereocenters. The standard InChI is InChI=1S/C14H16N2O3/c1-9(2)19-13-10(5-4-6-12(13)18-3)7-11(8-15)14(16)17/h4-7,9H,1-3H3,(H2,16,17)/b11-7+. The number of ether oxygens (including phenoxy) is 2. The minimum Gasteiger partial charge on any atom is -0.493 e. The number of nitrogens with zero attached hydrogens (tertiary/aromatic N) is 1. The first-order valence-corrected chi connectivity index (χ1v) is 5.74.